The lowest BCUT2D eigenvalue weighted by Crippen LogP contribution is -2.31. The molecule has 3 rings (SSSR count). The van der Waals surface area contributed by atoms with Gasteiger partial charge in [-0.15, -0.1) is 11.8 Å². The van der Waals surface area contributed by atoms with Gasteiger partial charge in [0.1, 0.15) is 18.6 Å². The van der Waals surface area contributed by atoms with Crippen molar-refractivity contribution in [3.05, 3.63) is 23.8 Å². The third-order valence-electron chi connectivity index (χ3n) is 3.50. The Labute approximate surface area is 128 Å². The second kappa shape index (κ2) is 6.58. The van der Waals surface area contributed by atoms with E-state index in [4.69, 9.17) is 14.2 Å². The van der Waals surface area contributed by atoms with Gasteiger partial charge in [0.15, 0.2) is 11.5 Å². The molecule has 1 fully saturated rings. The van der Waals surface area contributed by atoms with Gasteiger partial charge in [-0.3, -0.25) is 4.79 Å². The number of hydrogen-bond acceptors (Lipinski definition) is 5. The van der Waals surface area contributed by atoms with Gasteiger partial charge in [-0.2, -0.15) is 0 Å². The summed E-state index contributed by atoms with van der Waals surface area (Å²) in [6, 6.07) is 5.92. The van der Waals surface area contributed by atoms with Gasteiger partial charge in [0, 0.05) is 13.2 Å². The van der Waals surface area contributed by atoms with Gasteiger partial charge in [-0.25, -0.2) is 0 Å². The highest BCUT2D eigenvalue weighted by Crippen LogP contribution is 2.41. The van der Waals surface area contributed by atoms with E-state index in [-0.39, 0.29) is 11.3 Å². The fourth-order valence-corrected chi connectivity index (χ4v) is 3.70. The molecule has 0 N–H and O–H groups in total. The molecule has 0 bridgehead atoms. The number of thioether (sulfide) groups is 1. The maximum atomic E-state index is 12.0. The molecule has 1 saturated heterocycles. The quantitative estimate of drug-likeness (QED) is 0.779. The topological polar surface area (TPSA) is 48.0 Å². The summed E-state index contributed by atoms with van der Waals surface area (Å²) in [4.78, 5) is 13.9. The first-order valence-corrected chi connectivity index (χ1v) is 8.23. The smallest absolute Gasteiger partial charge is 0.233 e. The number of rotatable bonds is 5. The first kappa shape index (κ1) is 14.5. The predicted molar refractivity (Wildman–Crippen MR) is 80.8 cm³/mol. The molecule has 2 heterocycles. The van der Waals surface area contributed by atoms with Crippen LogP contribution in [0.3, 0.4) is 0 Å². The molecular formula is C15H19NO4S. The van der Waals surface area contributed by atoms with Crippen LogP contribution < -0.4 is 9.47 Å². The molecule has 2 aliphatic heterocycles. The Morgan fingerprint density at radius 1 is 1.33 bits per heavy atom. The lowest BCUT2D eigenvalue weighted by Gasteiger charge is -2.25. The van der Waals surface area contributed by atoms with E-state index < -0.39 is 0 Å². The zero-order valence-electron chi connectivity index (χ0n) is 12.0. The van der Waals surface area contributed by atoms with E-state index in [0.29, 0.717) is 38.7 Å². The van der Waals surface area contributed by atoms with Crippen LogP contribution in [0.4, 0.5) is 0 Å². The highest BCUT2D eigenvalue weighted by atomic mass is 32.2. The number of amides is 1. The molecule has 0 radical (unpaired) electrons. The number of ether oxygens (including phenoxy) is 3. The Hall–Kier alpha value is -1.40. The van der Waals surface area contributed by atoms with Crippen LogP contribution in [0.25, 0.3) is 0 Å². The van der Waals surface area contributed by atoms with Crippen molar-refractivity contribution in [1.29, 1.82) is 0 Å². The number of carbonyl (C=O) groups is 1. The van der Waals surface area contributed by atoms with Crippen LogP contribution in [0.2, 0.25) is 0 Å². The number of fused-ring (bicyclic) bond motifs is 1. The standard InChI is InChI=1S/C15H19NO4S/c1-2-18-6-5-16-14(17)10-21-15(16)11-3-4-12-13(9-11)20-8-7-19-12/h3-4,9,15H,2,5-8,10H2,1H3. The molecule has 114 valence electrons. The molecule has 1 unspecified atom stereocenters. The maximum absolute atomic E-state index is 12.0. The van der Waals surface area contributed by atoms with Gasteiger partial charge >= 0.3 is 0 Å². The van der Waals surface area contributed by atoms with E-state index in [2.05, 4.69) is 0 Å². The predicted octanol–water partition coefficient (Wildman–Crippen LogP) is 2.07. The second-order valence-electron chi connectivity index (χ2n) is 4.85. The van der Waals surface area contributed by atoms with E-state index in [1.165, 1.54) is 0 Å². The molecular weight excluding hydrogens is 290 g/mol. The van der Waals surface area contributed by atoms with Gasteiger partial charge in [-0.1, -0.05) is 6.07 Å². The first-order chi connectivity index (χ1) is 10.3. The summed E-state index contributed by atoms with van der Waals surface area (Å²) in [5.41, 5.74) is 1.08. The van der Waals surface area contributed by atoms with Crippen LogP contribution in [0.1, 0.15) is 17.9 Å². The molecule has 2 aliphatic rings. The Morgan fingerprint density at radius 3 is 2.95 bits per heavy atom. The molecule has 1 amide bonds. The van der Waals surface area contributed by atoms with Gasteiger partial charge in [-0.05, 0) is 24.6 Å². The summed E-state index contributed by atoms with van der Waals surface area (Å²) >= 11 is 1.64. The summed E-state index contributed by atoms with van der Waals surface area (Å²) in [5.74, 6) is 2.23. The minimum Gasteiger partial charge on any atom is -0.486 e. The van der Waals surface area contributed by atoms with Crippen LogP contribution in [0.5, 0.6) is 11.5 Å². The lowest BCUT2D eigenvalue weighted by atomic mass is 10.1. The largest absolute Gasteiger partial charge is 0.486 e. The number of carbonyl (C=O) groups excluding carboxylic acids is 1. The Bertz CT molecular complexity index is 522. The van der Waals surface area contributed by atoms with E-state index in [0.717, 1.165) is 17.1 Å². The molecule has 5 nitrogen and oxygen atoms in total. The number of hydrogen-bond donors (Lipinski definition) is 0. The number of benzene rings is 1. The molecule has 1 aromatic rings. The summed E-state index contributed by atoms with van der Waals surface area (Å²) < 4.78 is 16.5. The van der Waals surface area contributed by atoms with Crippen LogP contribution >= 0.6 is 11.8 Å². The first-order valence-electron chi connectivity index (χ1n) is 7.18. The van der Waals surface area contributed by atoms with Crippen molar-refractivity contribution >= 4 is 17.7 Å². The molecule has 1 atom stereocenters. The van der Waals surface area contributed by atoms with Crippen molar-refractivity contribution in [2.45, 2.75) is 12.3 Å². The van der Waals surface area contributed by atoms with Gasteiger partial charge < -0.3 is 19.1 Å². The van der Waals surface area contributed by atoms with E-state index in [1.807, 2.05) is 30.0 Å². The summed E-state index contributed by atoms with van der Waals surface area (Å²) in [7, 11) is 0. The minimum absolute atomic E-state index is 0.0359. The minimum atomic E-state index is 0.0359. The molecule has 1 aromatic carbocycles. The van der Waals surface area contributed by atoms with Crippen LogP contribution in [0.15, 0.2) is 18.2 Å². The van der Waals surface area contributed by atoms with E-state index in [9.17, 15) is 4.79 Å². The third-order valence-corrected chi connectivity index (χ3v) is 4.76. The molecule has 0 spiro atoms. The van der Waals surface area contributed by atoms with Crippen molar-refractivity contribution in [2.24, 2.45) is 0 Å². The molecule has 0 aliphatic carbocycles. The van der Waals surface area contributed by atoms with Crippen LogP contribution in [-0.4, -0.2) is 49.5 Å². The highest BCUT2D eigenvalue weighted by Gasteiger charge is 2.33. The van der Waals surface area contributed by atoms with Gasteiger partial charge in [0.05, 0.1) is 12.4 Å². The van der Waals surface area contributed by atoms with E-state index in [1.54, 1.807) is 11.8 Å². The summed E-state index contributed by atoms with van der Waals surface area (Å²) in [5, 5.41) is 0.0359. The van der Waals surface area contributed by atoms with Crippen molar-refractivity contribution in [3.63, 3.8) is 0 Å². The normalized spacial score (nSPS) is 20.9. The van der Waals surface area contributed by atoms with Crippen molar-refractivity contribution in [1.82, 2.24) is 4.90 Å². The van der Waals surface area contributed by atoms with Gasteiger partial charge in [0.25, 0.3) is 0 Å². The summed E-state index contributed by atoms with van der Waals surface area (Å²) in [6.07, 6.45) is 0. The summed E-state index contributed by atoms with van der Waals surface area (Å²) in [6.45, 7) is 4.98. The average Bonchev–Trinajstić information content (AvgIpc) is 2.88. The number of nitrogens with zero attached hydrogens (tertiary/aromatic N) is 1. The Morgan fingerprint density at radius 2 is 2.14 bits per heavy atom. The average molecular weight is 309 g/mol. The van der Waals surface area contributed by atoms with Crippen molar-refractivity contribution in [3.8, 4) is 11.5 Å². The fraction of sp³-hybridized carbons (Fsp3) is 0.533. The monoisotopic (exact) mass is 309 g/mol. The van der Waals surface area contributed by atoms with Crippen LogP contribution in [-0.2, 0) is 9.53 Å². The fourth-order valence-electron chi connectivity index (χ4n) is 2.49. The Kier molecular flexibility index (Phi) is 4.55. The van der Waals surface area contributed by atoms with Crippen LogP contribution in [0, 0.1) is 0 Å². The zero-order chi connectivity index (χ0) is 14.7. The SMILES string of the molecule is CCOCCN1C(=O)CSC1c1ccc2c(c1)OCCO2. The van der Waals surface area contributed by atoms with Crippen molar-refractivity contribution < 1.29 is 19.0 Å². The third kappa shape index (κ3) is 3.11. The second-order valence-corrected chi connectivity index (χ2v) is 5.92. The Balaban J connectivity index is 1.76. The maximum Gasteiger partial charge on any atom is 0.233 e. The zero-order valence-corrected chi connectivity index (χ0v) is 12.9. The molecule has 0 saturated carbocycles. The lowest BCUT2D eigenvalue weighted by molar-refractivity contribution is -0.128. The molecule has 21 heavy (non-hydrogen) atoms. The molecule has 6 heteroatoms. The highest BCUT2D eigenvalue weighted by molar-refractivity contribution is 8.00. The molecule has 0 aromatic heterocycles. The van der Waals surface area contributed by atoms with Crippen molar-refractivity contribution in [2.75, 3.05) is 38.7 Å². The van der Waals surface area contributed by atoms with Gasteiger partial charge in [0.2, 0.25) is 5.91 Å². The van der Waals surface area contributed by atoms with E-state index >= 15 is 0 Å².